The minimum Gasteiger partial charge on any atom is -0.475 e. The number of fused-ring (bicyclic) bond motifs is 1. The lowest BCUT2D eigenvalue weighted by atomic mass is 10.1. The van der Waals surface area contributed by atoms with E-state index in [0.717, 1.165) is 5.69 Å². The molecule has 0 bridgehead atoms. The minimum atomic E-state index is -0.572. The summed E-state index contributed by atoms with van der Waals surface area (Å²) in [6, 6.07) is 5.12. The fourth-order valence-corrected chi connectivity index (χ4v) is 3.84. The van der Waals surface area contributed by atoms with Crippen LogP contribution in [0.25, 0.3) is 22.9 Å². The lowest BCUT2D eigenvalue weighted by Gasteiger charge is -2.19. The van der Waals surface area contributed by atoms with Crippen molar-refractivity contribution in [2.45, 2.75) is 46.6 Å². The molecule has 0 atom stereocenters. The van der Waals surface area contributed by atoms with Gasteiger partial charge < -0.3 is 34.4 Å². The number of nitrogens with one attached hydrogen (secondary N) is 3. The second kappa shape index (κ2) is 11.4. The lowest BCUT2D eigenvalue weighted by molar-refractivity contribution is -0.110. The highest BCUT2D eigenvalue weighted by atomic mass is 16.6. The third-order valence-corrected chi connectivity index (χ3v) is 5.45. The van der Waals surface area contributed by atoms with Crippen LogP contribution in [-0.4, -0.2) is 58.5 Å². The van der Waals surface area contributed by atoms with Crippen molar-refractivity contribution in [1.29, 1.82) is 0 Å². The molecular weight excluding hydrogens is 506 g/mol. The van der Waals surface area contributed by atoms with Gasteiger partial charge in [-0.1, -0.05) is 0 Å². The lowest BCUT2D eigenvalue weighted by Crippen LogP contribution is -2.33. The maximum absolute atomic E-state index is 12.8. The third-order valence-electron chi connectivity index (χ3n) is 5.45. The fourth-order valence-electron chi connectivity index (χ4n) is 3.84. The van der Waals surface area contributed by atoms with E-state index in [-0.39, 0.29) is 30.6 Å². The SMILES string of the molecule is CCOC(=O)c1cc(C)[nH]c1/C=C1\C(=O)Nc2ccc(-c3conc3OCCCNC(=O)OC(C)(C)C)nc21. The molecule has 0 radical (unpaired) electrons. The van der Waals surface area contributed by atoms with Crippen LogP contribution in [-0.2, 0) is 14.3 Å². The molecule has 12 heteroatoms. The Hall–Kier alpha value is -4.61. The zero-order valence-electron chi connectivity index (χ0n) is 22.5. The van der Waals surface area contributed by atoms with Crippen LogP contribution in [0.15, 0.2) is 29.0 Å². The van der Waals surface area contributed by atoms with Crippen molar-refractivity contribution in [3.05, 3.63) is 47.1 Å². The Morgan fingerprint density at radius 2 is 2.03 bits per heavy atom. The van der Waals surface area contributed by atoms with E-state index < -0.39 is 17.7 Å². The number of H-pyrrole nitrogens is 1. The molecule has 0 fully saturated rings. The van der Waals surface area contributed by atoms with Gasteiger partial charge in [-0.15, -0.1) is 0 Å². The molecule has 0 saturated carbocycles. The summed E-state index contributed by atoms with van der Waals surface area (Å²) in [5, 5.41) is 9.38. The number of rotatable bonds is 9. The Balaban J connectivity index is 1.49. The zero-order valence-corrected chi connectivity index (χ0v) is 22.5. The molecule has 39 heavy (non-hydrogen) atoms. The first-order chi connectivity index (χ1) is 18.6. The van der Waals surface area contributed by atoms with Crippen LogP contribution in [0.2, 0.25) is 0 Å². The van der Waals surface area contributed by atoms with Gasteiger partial charge in [-0.05, 0) is 70.5 Å². The van der Waals surface area contributed by atoms with Crippen LogP contribution >= 0.6 is 0 Å². The van der Waals surface area contributed by atoms with E-state index in [1.807, 2.05) is 6.92 Å². The molecule has 2 amide bonds. The molecule has 0 unspecified atom stereocenters. The number of nitrogens with zero attached hydrogens (tertiary/aromatic N) is 2. The number of alkyl carbamates (subject to hydrolysis) is 1. The molecular formula is C27H31N5O7. The number of aromatic nitrogens is 3. The number of carbonyl (C=O) groups is 3. The largest absolute Gasteiger partial charge is 0.475 e. The first kappa shape index (κ1) is 27.4. The van der Waals surface area contributed by atoms with Crippen molar-refractivity contribution in [3.63, 3.8) is 0 Å². The van der Waals surface area contributed by atoms with Crippen LogP contribution < -0.4 is 15.4 Å². The maximum Gasteiger partial charge on any atom is 0.407 e. The molecule has 1 aliphatic rings. The van der Waals surface area contributed by atoms with E-state index in [0.29, 0.717) is 46.9 Å². The van der Waals surface area contributed by atoms with E-state index >= 15 is 0 Å². The molecule has 0 aliphatic carbocycles. The van der Waals surface area contributed by atoms with Gasteiger partial charge in [0, 0.05) is 12.2 Å². The van der Waals surface area contributed by atoms with Crippen molar-refractivity contribution >= 4 is 35.3 Å². The van der Waals surface area contributed by atoms with Crippen LogP contribution in [0.1, 0.15) is 61.6 Å². The Kier molecular flexibility index (Phi) is 8.03. The summed E-state index contributed by atoms with van der Waals surface area (Å²) < 4.78 is 21.2. The van der Waals surface area contributed by atoms with Crippen molar-refractivity contribution in [1.82, 2.24) is 20.4 Å². The first-order valence-corrected chi connectivity index (χ1v) is 12.5. The van der Waals surface area contributed by atoms with E-state index in [4.69, 9.17) is 18.7 Å². The molecule has 0 aromatic carbocycles. The Morgan fingerprint density at radius 1 is 1.23 bits per heavy atom. The molecule has 1 aliphatic heterocycles. The highest BCUT2D eigenvalue weighted by Crippen LogP contribution is 2.36. The van der Waals surface area contributed by atoms with Gasteiger partial charge in [0.15, 0.2) is 0 Å². The van der Waals surface area contributed by atoms with Crippen molar-refractivity contribution in [2.75, 3.05) is 25.1 Å². The van der Waals surface area contributed by atoms with Crippen molar-refractivity contribution in [3.8, 4) is 17.1 Å². The first-order valence-electron chi connectivity index (χ1n) is 12.5. The molecule has 12 nitrogen and oxygen atoms in total. The molecule has 3 N–H and O–H groups in total. The van der Waals surface area contributed by atoms with Crippen molar-refractivity contribution < 1.29 is 33.1 Å². The van der Waals surface area contributed by atoms with Crippen LogP contribution in [0.5, 0.6) is 5.88 Å². The number of esters is 1. The fraction of sp³-hybridized carbons (Fsp3) is 0.370. The van der Waals surface area contributed by atoms with Gasteiger partial charge in [-0.2, -0.15) is 0 Å². The number of ether oxygens (including phenoxy) is 3. The number of pyridine rings is 1. The minimum absolute atomic E-state index is 0.229. The molecule has 206 valence electrons. The normalized spacial score (nSPS) is 13.7. The molecule has 4 rings (SSSR count). The summed E-state index contributed by atoms with van der Waals surface area (Å²) in [7, 11) is 0. The van der Waals surface area contributed by atoms with Gasteiger partial charge in [-0.25, -0.2) is 14.6 Å². The number of hydrogen-bond acceptors (Lipinski definition) is 9. The number of aromatic amines is 1. The number of amides is 2. The predicted octanol–water partition coefficient (Wildman–Crippen LogP) is 4.34. The number of hydrogen-bond donors (Lipinski definition) is 3. The summed E-state index contributed by atoms with van der Waals surface area (Å²) in [4.78, 5) is 44.7. The molecule has 3 aromatic rings. The molecule has 0 spiro atoms. The Labute approximate surface area is 225 Å². The molecule has 3 aromatic heterocycles. The predicted molar refractivity (Wildman–Crippen MR) is 142 cm³/mol. The quantitative estimate of drug-likeness (QED) is 0.205. The highest BCUT2D eigenvalue weighted by Gasteiger charge is 2.28. The Morgan fingerprint density at radius 3 is 2.77 bits per heavy atom. The number of anilines is 1. The summed E-state index contributed by atoms with van der Waals surface area (Å²) >= 11 is 0. The average molecular weight is 538 g/mol. The summed E-state index contributed by atoms with van der Waals surface area (Å²) in [6.45, 7) is 9.76. The smallest absolute Gasteiger partial charge is 0.407 e. The van der Waals surface area contributed by atoms with E-state index in [9.17, 15) is 14.4 Å². The van der Waals surface area contributed by atoms with Crippen molar-refractivity contribution in [2.24, 2.45) is 0 Å². The van der Waals surface area contributed by atoms with E-state index in [2.05, 4.69) is 25.8 Å². The van der Waals surface area contributed by atoms with Gasteiger partial charge in [0.2, 0.25) is 0 Å². The van der Waals surface area contributed by atoms with E-state index in [1.165, 1.54) is 6.26 Å². The van der Waals surface area contributed by atoms with E-state index in [1.54, 1.807) is 52.0 Å². The van der Waals surface area contributed by atoms with Crippen LogP contribution in [0.3, 0.4) is 0 Å². The zero-order chi connectivity index (χ0) is 28.2. The van der Waals surface area contributed by atoms with Gasteiger partial charge in [0.1, 0.15) is 23.1 Å². The summed E-state index contributed by atoms with van der Waals surface area (Å²) in [5.41, 5.74) is 3.16. The monoisotopic (exact) mass is 537 g/mol. The number of aryl methyl sites for hydroxylation is 1. The van der Waals surface area contributed by atoms with Gasteiger partial charge >= 0.3 is 12.1 Å². The molecule has 4 heterocycles. The topological polar surface area (TPSA) is 158 Å². The highest BCUT2D eigenvalue weighted by molar-refractivity contribution is 6.34. The second-order valence-corrected chi connectivity index (χ2v) is 9.77. The molecule has 0 saturated heterocycles. The van der Waals surface area contributed by atoms with Gasteiger partial charge in [-0.3, -0.25) is 4.79 Å². The van der Waals surface area contributed by atoms with Gasteiger partial charge in [0.05, 0.1) is 41.4 Å². The second-order valence-electron chi connectivity index (χ2n) is 9.77. The number of carbonyl (C=O) groups excluding carboxylic acids is 3. The standard InChI is InChI=1S/C27H31N5O7/c1-6-36-25(34)16-12-15(2)29-21(16)13-17-22-20(31-23(17)33)9-8-19(30-22)18-14-38-32-24(18)37-11-7-10-28-26(35)39-27(3,4)5/h8-9,12-14,29H,6-7,10-11H2,1-5H3,(H,28,35)(H,31,33)/b17-13-. The van der Waals surface area contributed by atoms with Gasteiger partial charge in [0.25, 0.3) is 11.8 Å². The maximum atomic E-state index is 12.8. The third kappa shape index (κ3) is 6.64. The average Bonchev–Trinajstić information content (AvgIpc) is 3.55. The summed E-state index contributed by atoms with van der Waals surface area (Å²) in [5.74, 6) is -0.607. The van der Waals surface area contributed by atoms with Crippen LogP contribution in [0.4, 0.5) is 10.5 Å². The van der Waals surface area contributed by atoms with Crippen LogP contribution in [0, 0.1) is 6.92 Å². The summed E-state index contributed by atoms with van der Waals surface area (Å²) in [6.07, 6.45) is 3.00. The Bertz CT molecular complexity index is 1410.